The van der Waals surface area contributed by atoms with E-state index in [-0.39, 0.29) is 17.9 Å². The van der Waals surface area contributed by atoms with Crippen LogP contribution in [0.3, 0.4) is 0 Å². The van der Waals surface area contributed by atoms with Crippen LogP contribution in [-0.4, -0.2) is 25.7 Å². The number of benzene rings is 1. The molecule has 0 saturated heterocycles. The molecule has 1 aromatic rings. The first-order chi connectivity index (χ1) is 9.22. The summed E-state index contributed by atoms with van der Waals surface area (Å²) in [5.74, 6) is 2.13. The van der Waals surface area contributed by atoms with Gasteiger partial charge in [-0.3, -0.25) is 4.79 Å². The monoisotopic (exact) mass is 259 g/mol. The van der Waals surface area contributed by atoms with Crippen molar-refractivity contribution in [2.45, 2.75) is 31.7 Å². The maximum absolute atomic E-state index is 11.9. The Bertz CT molecular complexity index is 422. The molecule has 1 N–H and O–H groups in total. The van der Waals surface area contributed by atoms with Crippen molar-refractivity contribution in [2.24, 2.45) is 0 Å². The fourth-order valence-electron chi connectivity index (χ4n) is 1.95. The zero-order chi connectivity index (χ0) is 14.1. The zero-order valence-electron chi connectivity index (χ0n) is 11.6. The molecule has 0 saturated carbocycles. The van der Waals surface area contributed by atoms with Crippen molar-refractivity contribution in [2.75, 3.05) is 13.7 Å². The van der Waals surface area contributed by atoms with Gasteiger partial charge in [-0.1, -0.05) is 37.3 Å². The van der Waals surface area contributed by atoms with Crippen LogP contribution in [0.25, 0.3) is 0 Å². The molecule has 2 unspecified atom stereocenters. The molecule has 0 aliphatic carbocycles. The van der Waals surface area contributed by atoms with Gasteiger partial charge >= 0.3 is 5.97 Å². The summed E-state index contributed by atoms with van der Waals surface area (Å²) in [7, 11) is 1.41. The quantitative estimate of drug-likeness (QED) is 0.603. The standard InChI is InChI=1S/C16H21NO2/c1-4-9-14(5-2)17-12-15(16(18)19-3)13-10-7-6-8-11-13/h1,6-8,10-11,14-15,17H,5,9,12H2,2-3H3. The molecule has 0 aliphatic heterocycles. The first kappa shape index (κ1) is 15.3. The van der Waals surface area contributed by atoms with Crippen LogP contribution in [0.2, 0.25) is 0 Å². The highest BCUT2D eigenvalue weighted by Gasteiger charge is 2.21. The van der Waals surface area contributed by atoms with Crippen LogP contribution in [0.15, 0.2) is 30.3 Å². The first-order valence-electron chi connectivity index (χ1n) is 6.52. The number of hydrogen-bond acceptors (Lipinski definition) is 3. The van der Waals surface area contributed by atoms with Crippen molar-refractivity contribution in [3.05, 3.63) is 35.9 Å². The second-order valence-corrected chi connectivity index (χ2v) is 4.41. The number of methoxy groups -OCH3 is 1. The van der Waals surface area contributed by atoms with Gasteiger partial charge in [0.25, 0.3) is 0 Å². The van der Waals surface area contributed by atoms with E-state index in [2.05, 4.69) is 18.2 Å². The second-order valence-electron chi connectivity index (χ2n) is 4.41. The number of esters is 1. The predicted molar refractivity (Wildman–Crippen MR) is 76.7 cm³/mol. The minimum absolute atomic E-state index is 0.228. The Hall–Kier alpha value is -1.79. The molecule has 2 atom stereocenters. The minimum Gasteiger partial charge on any atom is -0.469 e. The minimum atomic E-state index is -0.293. The lowest BCUT2D eigenvalue weighted by molar-refractivity contribution is -0.142. The average molecular weight is 259 g/mol. The zero-order valence-corrected chi connectivity index (χ0v) is 11.6. The number of ether oxygens (including phenoxy) is 1. The normalized spacial score (nSPS) is 13.3. The third-order valence-corrected chi connectivity index (χ3v) is 3.16. The molecule has 0 fully saturated rings. The number of carbonyl (C=O) groups is 1. The maximum atomic E-state index is 11.9. The highest BCUT2D eigenvalue weighted by Crippen LogP contribution is 2.16. The fraction of sp³-hybridized carbons (Fsp3) is 0.438. The molecule has 0 aromatic heterocycles. The Balaban J connectivity index is 2.72. The molecule has 0 radical (unpaired) electrons. The highest BCUT2D eigenvalue weighted by molar-refractivity contribution is 5.78. The largest absolute Gasteiger partial charge is 0.469 e. The van der Waals surface area contributed by atoms with Gasteiger partial charge in [0.05, 0.1) is 13.0 Å². The van der Waals surface area contributed by atoms with Gasteiger partial charge in [0.2, 0.25) is 0 Å². The molecule has 0 bridgehead atoms. The summed E-state index contributed by atoms with van der Waals surface area (Å²) in [6.45, 7) is 2.61. The summed E-state index contributed by atoms with van der Waals surface area (Å²) in [5, 5.41) is 3.34. The molecular formula is C16H21NO2. The smallest absolute Gasteiger partial charge is 0.314 e. The number of hydrogen-bond donors (Lipinski definition) is 1. The average Bonchev–Trinajstić information content (AvgIpc) is 2.47. The molecule has 3 nitrogen and oxygen atoms in total. The van der Waals surface area contributed by atoms with Gasteiger partial charge in [0.1, 0.15) is 0 Å². The molecule has 1 aromatic carbocycles. The summed E-state index contributed by atoms with van der Waals surface area (Å²) in [5.41, 5.74) is 0.956. The van der Waals surface area contributed by atoms with E-state index in [0.29, 0.717) is 13.0 Å². The number of terminal acetylenes is 1. The van der Waals surface area contributed by atoms with Crippen molar-refractivity contribution in [1.82, 2.24) is 5.32 Å². The SMILES string of the molecule is C#CCC(CC)NCC(C(=O)OC)c1ccccc1. The predicted octanol–water partition coefficient (Wildman–Crippen LogP) is 2.33. The van der Waals surface area contributed by atoms with Crippen molar-refractivity contribution in [3.8, 4) is 12.3 Å². The molecule has 3 heteroatoms. The van der Waals surface area contributed by atoms with E-state index in [0.717, 1.165) is 12.0 Å². The molecule has 19 heavy (non-hydrogen) atoms. The van der Waals surface area contributed by atoms with Gasteiger partial charge in [-0.2, -0.15) is 0 Å². The van der Waals surface area contributed by atoms with E-state index in [1.54, 1.807) is 0 Å². The van der Waals surface area contributed by atoms with E-state index in [9.17, 15) is 4.79 Å². The topological polar surface area (TPSA) is 38.3 Å². The van der Waals surface area contributed by atoms with Crippen LogP contribution < -0.4 is 5.32 Å². The van der Waals surface area contributed by atoms with Crippen LogP contribution >= 0.6 is 0 Å². The van der Waals surface area contributed by atoms with Gasteiger partial charge in [-0.05, 0) is 12.0 Å². The van der Waals surface area contributed by atoms with Gasteiger partial charge in [0.15, 0.2) is 0 Å². The lowest BCUT2D eigenvalue weighted by atomic mass is 9.98. The molecule has 0 aliphatic rings. The summed E-state index contributed by atoms with van der Waals surface area (Å²) in [6.07, 6.45) is 6.93. The van der Waals surface area contributed by atoms with Crippen LogP contribution in [-0.2, 0) is 9.53 Å². The van der Waals surface area contributed by atoms with Crippen molar-refractivity contribution in [3.63, 3.8) is 0 Å². The second kappa shape index (κ2) is 8.34. The summed E-state index contributed by atoms with van der Waals surface area (Å²) in [4.78, 5) is 11.9. The number of nitrogens with one attached hydrogen (secondary N) is 1. The Morgan fingerprint density at radius 1 is 1.42 bits per heavy atom. The first-order valence-corrected chi connectivity index (χ1v) is 6.52. The van der Waals surface area contributed by atoms with E-state index in [1.165, 1.54) is 7.11 Å². The maximum Gasteiger partial charge on any atom is 0.314 e. The Morgan fingerprint density at radius 2 is 2.11 bits per heavy atom. The van der Waals surface area contributed by atoms with Gasteiger partial charge < -0.3 is 10.1 Å². The van der Waals surface area contributed by atoms with Crippen LogP contribution in [0, 0.1) is 12.3 Å². The molecule has 0 heterocycles. The lowest BCUT2D eigenvalue weighted by Gasteiger charge is -2.20. The third-order valence-electron chi connectivity index (χ3n) is 3.16. The Morgan fingerprint density at radius 3 is 2.63 bits per heavy atom. The van der Waals surface area contributed by atoms with Crippen LogP contribution in [0.4, 0.5) is 0 Å². The highest BCUT2D eigenvalue weighted by atomic mass is 16.5. The van der Waals surface area contributed by atoms with Crippen molar-refractivity contribution in [1.29, 1.82) is 0 Å². The molecule has 1 rings (SSSR count). The number of carbonyl (C=O) groups excluding carboxylic acids is 1. The Labute approximate surface area is 115 Å². The van der Waals surface area contributed by atoms with Crippen LogP contribution in [0.1, 0.15) is 31.2 Å². The molecule has 0 spiro atoms. The molecule has 102 valence electrons. The fourth-order valence-corrected chi connectivity index (χ4v) is 1.95. The van der Waals surface area contributed by atoms with E-state index in [4.69, 9.17) is 11.2 Å². The van der Waals surface area contributed by atoms with Gasteiger partial charge in [0, 0.05) is 19.0 Å². The summed E-state index contributed by atoms with van der Waals surface area (Å²) < 4.78 is 4.87. The van der Waals surface area contributed by atoms with E-state index in [1.807, 2.05) is 30.3 Å². The number of rotatable bonds is 7. The molecule has 0 amide bonds. The van der Waals surface area contributed by atoms with Crippen LogP contribution in [0.5, 0.6) is 0 Å². The van der Waals surface area contributed by atoms with Gasteiger partial charge in [-0.25, -0.2) is 0 Å². The summed E-state index contributed by atoms with van der Waals surface area (Å²) >= 11 is 0. The lowest BCUT2D eigenvalue weighted by Crippen LogP contribution is -2.35. The Kier molecular flexibility index (Phi) is 6.70. The third kappa shape index (κ3) is 4.76. The van der Waals surface area contributed by atoms with Gasteiger partial charge in [-0.15, -0.1) is 12.3 Å². The van der Waals surface area contributed by atoms with Crippen molar-refractivity contribution >= 4 is 5.97 Å². The van der Waals surface area contributed by atoms with Crippen molar-refractivity contribution < 1.29 is 9.53 Å². The van der Waals surface area contributed by atoms with E-state index >= 15 is 0 Å². The van der Waals surface area contributed by atoms with E-state index < -0.39 is 0 Å². The molecular weight excluding hydrogens is 238 g/mol. The summed E-state index contributed by atoms with van der Waals surface area (Å²) in [6, 6.07) is 9.88.